The molecule has 1 heterocycles. The third-order valence-corrected chi connectivity index (χ3v) is 17.8. The summed E-state index contributed by atoms with van der Waals surface area (Å²) in [6.07, 6.45) is 11.3. The number of carboxylic acids is 1. The monoisotopic (exact) mass is 788 g/mol. The van der Waals surface area contributed by atoms with Gasteiger partial charge >= 0.3 is 11.9 Å². The minimum atomic E-state index is -1.19. The molecule has 1 aromatic rings. The maximum Gasteiger partial charge on any atom is 0.309 e. The van der Waals surface area contributed by atoms with Crippen molar-refractivity contribution in [3.8, 4) is 0 Å². The first-order chi connectivity index (χ1) is 26.6. The number of carbonyl (C=O) groups excluding carboxylic acids is 3. The molecule has 57 heavy (non-hydrogen) atoms. The Labute approximate surface area is 340 Å². The van der Waals surface area contributed by atoms with Gasteiger partial charge in [-0.15, -0.1) is 0 Å². The molecule has 0 radical (unpaired) electrons. The highest BCUT2D eigenvalue weighted by atomic mass is 16.5. The van der Waals surface area contributed by atoms with Crippen LogP contribution in [-0.4, -0.2) is 69.0 Å². The summed E-state index contributed by atoms with van der Waals surface area (Å²) in [5.41, 5.74) is 6.31. The van der Waals surface area contributed by atoms with E-state index in [9.17, 15) is 29.4 Å². The van der Waals surface area contributed by atoms with Crippen molar-refractivity contribution in [1.29, 1.82) is 0 Å². The SMILES string of the molecule is CC(C)C1=C2[C@H]3CC[C@@H]4[C@@]5(C)CC[C@H](OC(=O)CC(C)(C)C(=O)O)C(C)(C)[C@@H]5CC[C@@]4(C)[C@]3(C)CC[C@@]2([C@@H](O)CN(C(=O)CN)C2(c3ccncc3)CC2)CC1=O. The van der Waals surface area contributed by atoms with Crippen molar-refractivity contribution in [2.45, 2.75) is 157 Å². The molecule has 7 rings (SSSR count). The zero-order valence-corrected chi connectivity index (χ0v) is 36.1. The number of nitrogens with two attached hydrogens (primary N) is 1. The zero-order valence-electron chi connectivity index (χ0n) is 36.1. The standard InChI is InChI=1S/C47H69N3O7/c1-28(2)38-31(51)24-46(34(52)27-50(36(53)26-48)47(20-21-47)29-14-22-49-23-15-29)19-18-44(8)30(39(38)46)10-11-33-43(7)16-13-35(57-37(54)25-41(3,4)40(55)56)42(5,6)32(43)12-17-45(33,44)9/h14-15,22-23,28,30,32-35,52H,10-13,16-21,24-27,48H2,1-9H3,(H,55,56)/t30-,32+,33-,34+,35+,43+,44-,45-,46+/m1/s1. The van der Waals surface area contributed by atoms with E-state index in [2.05, 4.69) is 53.5 Å². The fourth-order valence-corrected chi connectivity index (χ4v) is 14.4. The number of aliphatic hydroxyl groups is 1. The van der Waals surface area contributed by atoms with E-state index in [0.29, 0.717) is 18.3 Å². The van der Waals surface area contributed by atoms with Gasteiger partial charge in [0.1, 0.15) is 6.10 Å². The van der Waals surface area contributed by atoms with Gasteiger partial charge in [-0.1, -0.05) is 54.0 Å². The number of amides is 1. The summed E-state index contributed by atoms with van der Waals surface area (Å²) in [5, 5.41) is 22.4. The van der Waals surface area contributed by atoms with Gasteiger partial charge in [0.05, 0.1) is 30.0 Å². The van der Waals surface area contributed by atoms with Crippen LogP contribution in [0.15, 0.2) is 35.7 Å². The lowest BCUT2D eigenvalue weighted by molar-refractivity contribution is -0.235. The molecular weight excluding hydrogens is 719 g/mol. The Morgan fingerprint density at radius 1 is 0.930 bits per heavy atom. The van der Waals surface area contributed by atoms with Gasteiger partial charge in [0, 0.05) is 36.2 Å². The summed E-state index contributed by atoms with van der Waals surface area (Å²) in [6, 6.07) is 3.92. The summed E-state index contributed by atoms with van der Waals surface area (Å²) >= 11 is 0. The molecule has 0 saturated heterocycles. The van der Waals surface area contributed by atoms with Crippen LogP contribution in [0.3, 0.4) is 0 Å². The fraction of sp³-hybridized carbons (Fsp3) is 0.766. The molecule has 10 nitrogen and oxygen atoms in total. The summed E-state index contributed by atoms with van der Waals surface area (Å²) in [4.78, 5) is 59.0. The van der Waals surface area contributed by atoms with Crippen molar-refractivity contribution in [3.05, 3.63) is 41.2 Å². The Hall–Kier alpha value is -3.11. The van der Waals surface area contributed by atoms with Crippen molar-refractivity contribution in [2.75, 3.05) is 13.1 Å². The van der Waals surface area contributed by atoms with E-state index in [0.717, 1.165) is 68.9 Å². The van der Waals surface area contributed by atoms with Crippen LogP contribution >= 0.6 is 0 Å². The number of rotatable bonds is 11. The van der Waals surface area contributed by atoms with Crippen LogP contribution in [0, 0.1) is 56.2 Å². The first-order valence-corrected chi connectivity index (χ1v) is 21.9. The predicted octanol–water partition coefficient (Wildman–Crippen LogP) is 7.61. The second-order valence-corrected chi connectivity index (χ2v) is 21.5. The number of esters is 1. The number of nitrogens with zero attached hydrogens (tertiary/aromatic N) is 2. The van der Waals surface area contributed by atoms with Crippen molar-refractivity contribution in [1.82, 2.24) is 9.88 Å². The zero-order chi connectivity index (χ0) is 41.7. The number of pyridine rings is 1. The normalized spacial score (nSPS) is 37.0. The van der Waals surface area contributed by atoms with E-state index in [4.69, 9.17) is 10.5 Å². The fourth-order valence-electron chi connectivity index (χ4n) is 14.4. The van der Waals surface area contributed by atoms with E-state index in [1.807, 2.05) is 17.0 Å². The summed E-state index contributed by atoms with van der Waals surface area (Å²) < 4.78 is 6.18. The molecule has 6 aliphatic rings. The number of fused-ring (bicyclic) bond motifs is 7. The third kappa shape index (κ3) is 6.18. The second-order valence-electron chi connectivity index (χ2n) is 21.5. The molecule has 0 spiro atoms. The quantitative estimate of drug-likeness (QED) is 0.192. The number of ketones is 1. The van der Waals surface area contributed by atoms with Crippen molar-refractivity contribution >= 4 is 23.6 Å². The van der Waals surface area contributed by atoms with Crippen LogP contribution in [-0.2, 0) is 29.5 Å². The van der Waals surface area contributed by atoms with Crippen molar-refractivity contribution in [3.63, 3.8) is 0 Å². The molecule has 0 aliphatic heterocycles. The van der Waals surface area contributed by atoms with Gasteiger partial charge in [-0.25, -0.2) is 0 Å². The van der Waals surface area contributed by atoms with Gasteiger partial charge in [-0.3, -0.25) is 24.2 Å². The van der Waals surface area contributed by atoms with Gasteiger partial charge in [0.15, 0.2) is 5.78 Å². The third-order valence-electron chi connectivity index (χ3n) is 17.8. The number of aliphatic carboxylic acids is 1. The van der Waals surface area contributed by atoms with Gasteiger partial charge in [-0.05, 0) is 141 Å². The molecule has 0 unspecified atom stereocenters. The summed E-state index contributed by atoms with van der Waals surface area (Å²) in [5.74, 6) is -0.559. The molecule has 314 valence electrons. The number of hydrogen-bond acceptors (Lipinski definition) is 8. The van der Waals surface area contributed by atoms with Crippen LogP contribution in [0.5, 0.6) is 0 Å². The number of aliphatic hydroxyl groups excluding tert-OH is 1. The van der Waals surface area contributed by atoms with Crippen LogP contribution in [0.1, 0.15) is 145 Å². The highest BCUT2D eigenvalue weighted by molar-refractivity contribution is 6.01. The first kappa shape index (κ1) is 42.0. The Bertz CT molecular complexity index is 1830. The van der Waals surface area contributed by atoms with Crippen LogP contribution < -0.4 is 5.73 Å². The Kier molecular flexibility index (Phi) is 10.3. The Morgan fingerprint density at radius 2 is 1.60 bits per heavy atom. The largest absolute Gasteiger partial charge is 0.481 e. The molecule has 0 bridgehead atoms. The lowest BCUT2D eigenvalue weighted by Gasteiger charge is -2.72. The second kappa shape index (κ2) is 14.0. The van der Waals surface area contributed by atoms with Gasteiger partial charge in [-0.2, -0.15) is 0 Å². The highest BCUT2D eigenvalue weighted by Crippen LogP contribution is 2.77. The molecule has 0 aromatic carbocycles. The smallest absolute Gasteiger partial charge is 0.309 e. The Balaban J connectivity index is 1.19. The number of aromatic nitrogens is 1. The van der Waals surface area contributed by atoms with E-state index < -0.39 is 34.4 Å². The van der Waals surface area contributed by atoms with Crippen LogP contribution in [0.4, 0.5) is 0 Å². The van der Waals surface area contributed by atoms with E-state index in [1.165, 1.54) is 5.57 Å². The number of allylic oxidation sites excluding steroid dienone is 1. The van der Waals surface area contributed by atoms with E-state index in [1.54, 1.807) is 26.2 Å². The highest BCUT2D eigenvalue weighted by Gasteiger charge is 2.71. The van der Waals surface area contributed by atoms with Gasteiger partial charge in [0.25, 0.3) is 0 Å². The van der Waals surface area contributed by atoms with E-state index >= 15 is 0 Å². The molecule has 4 N–H and O–H groups in total. The molecule has 1 aromatic heterocycles. The number of carbonyl (C=O) groups is 4. The topological polar surface area (TPSA) is 160 Å². The Morgan fingerprint density at radius 3 is 2.19 bits per heavy atom. The lowest BCUT2D eigenvalue weighted by Crippen LogP contribution is -2.66. The minimum absolute atomic E-state index is 0.0111. The van der Waals surface area contributed by atoms with Crippen molar-refractivity contribution < 1.29 is 34.1 Å². The summed E-state index contributed by atoms with van der Waals surface area (Å²) in [7, 11) is 0. The molecule has 9 atom stereocenters. The molecular formula is C47H69N3O7. The molecule has 1 amide bonds. The van der Waals surface area contributed by atoms with Gasteiger partial charge in [0.2, 0.25) is 5.91 Å². The summed E-state index contributed by atoms with van der Waals surface area (Å²) in [6.45, 7) is 19.4. The number of carboxylic acid groups (broad SMARTS) is 1. The molecule has 5 fully saturated rings. The predicted molar refractivity (Wildman–Crippen MR) is 217 cm³/mol. The van der Waals surface area contributed by atoms with Crippen LogP contribution in [0.2, 0.25) is 0 Å². The van der Waals surface area contributed by atoms with Crippen molar-refractivity contribution in [2.24, 2.45) is 61.9 Å². The van der Waals surface area contributed by atoms with Gasteiger partial charge < -0.3 is 25.6 Å². The number of Topliss-reactive ketones (excluding diaryl/α,β-unsaturated/α-hetero) is 1. The number of ether oxygens (including phenoxy) is 1. The molecule has 6 aliphatic carbocycles. The average molecular weight is 788 g/mol. The van der Waals surface area contributed by atoms with Crippen LogP contribution in [0.25, 0.3) is 0 Å². The van der Waals surface area contributed by atoms with E-state index in [-0.39, 0.29) is 77.2 Å². The molecule has 5 saturated carbocycles. The minimum Gasteiger partial charge on any atom is -0.481 e. The average Bonchev–Trinajstić information content (AvgIpc) is 3.88. The number of hydrogen-bond donors (Lipinski definition) is 3. The lowest BCUT2D eigenvalue weighted by atomic mass is 9.33. The maximum atomic E-state index is 14.3. The molecule has 10 heteroatoms. The first-order valence-electron chi connectivity index (χ1n) is 21.9. The maximum absolute atomic E-state index is 14.3.